The van der Waals surface area contributed by atoms with Gasteiger partial charge in [0, 0.05) is 63.7 Å². The Balaban J connectivity index is 1.34. The van der Waals surface area contributed by atoms with E-state index in [1.54, 1.807) is 18.0 Å². The Kier molecular flexibility index (Phi) is 8.23. The molecule has 12 heteroatoms. The molecule has 3 amide bonds. The number of ether oxygens (including phenoxy) is 1. The molecule has 5 rings (SSSR count). The number of carbonyl (C=O) groups excluding carboxylic acids is 3. The Hall–Kier alpha value is -4.08. The van der Waals surface area contributed by atoms with Crippen molar-refractivity contribution in [2.45, 2.75) is 50.8 Å². The first-order valence-electron chi connectivity index (χ1n) is 13.7. The van der Waals surface area contributed by atoms with Crippen molar-refractivity contribution in [1.82, 2.24) is 20.2 Å². The van der Waals surface area contributed by atoms with E-state index >= 15 is 0 Å². The Morgan fingerprint density at radius 1 is 1.27 bits per heavy atom. The summed E-state index contributed by atoms with van der Waals surface area (Å²) >= 11 is 0. The number of rotatable bonds is 7. The van der Waals surface area contributed by atoms with Crippen molar-refractivity contribution in [1.29, 1.82) is 5.26 Å². The zero-order valence-electron chi connectivity index (χ0n) is 22.9. The van der Waals surface area contributed by atoms with Gasteiger partial charge in [0.25, 0.3) is 5.91 Å². The Bertz CT molecular complexity index is 1340. The molecular formula is C28H34N8O4. The van der Waals surface area contributed by atoms with Gasteiger partial charge < -0.3 is 19.9 Å². The molecule has 2 aromatic rings. The van der Waals surface area contributed by atoms with Gasteiger partial charge in [-0.05, 0) is 50.8 Å². The molecule has 2 N–H and O–H groups in total. The molecule has 2 atom stereocenters. The predicted octanol–water partition coefficient (Wildman–Crippen LogP) is 2.08. The smallest absolute Gasteiger partial charge is 0.328 e. The minimum atomic E-state index is -0.444. The highest BCUT2D eigenvalue weighted by atomic mass is 16.5. The number of fused-ring (bicyclic) bond motifs is 1. The first-order valence-corrected chi connectivity index (χ1v) is 13.7. The molecular weight excluding hydrogens is 512 g/mol. The lowest BCUT2D eigenvalue weighted by Gasteiger charge is -2.30. The average Bonchev–Trinajstić information content (AvgIpc) is 3.69. The lowest BCUT2D eigenvalue weighted by molar-refractivity contribution is -0.140. The Morgan fingerprint density at radius 2 is 2.12 bits per heavy atom. The van der Waals surface area contributed by atoms with Gasteiger partial charge in [0.2, 0.25) is 0 Å². The minimum absolute atomic E-state index is 0.113. The van der Waals surface area contributed by atoms with Gasteiger partial charge in [-0.2, -0.15) is 5.26 Å². The monoisotopic (exact) mass is 546 g/mol. The molecule has 0 saturated carbocycles. The second-order valence-corrected chi connectivity index (χ2v) is 10.4. The lowest BCUT2D eigenvalue weighted by atomic mass is 10.0. The summed E-state index contributed by atoms with van der Waals surface area (Å²) in [5, 5.41) is 15.7. The van der Waals surface area contributed by atoms with E-state index in [2.05, 4.69) is 31.6 Å². The van der Waals surface area contributed by atoms with Gasteiger partial charge in [-0.1, -0.05) is 0 Å². The maximum atomic E-state index is 13.4. The van der Waals surface area contributed by atoms with Gasteiger partial charge in [-0.3, -0.25) is 19.8 Å². The van der Waals surface area contributed by atoms with Crippen LogP contribution in [0.3, 0.4) is 0 Å². The van der Waals surface area contributed by atoms with Crippen LogP contribution in [0.4, 0.5) is 22.1 Å². The fourth-order valence-corrected chi connectivity index (χ4v) is 5.59. The first kappa shape index (κ1) is 27.5. The van der Waals surface area contributed by atoms with Crippen LogP contribution < -0.4 is 20.4 Å². The molecule has 0 aliphatic carbocycles. The number of aryl methyl sites for hydroxylation is 1. The van der Waals surface area contributed by atoms with Gasteiger partial charge in [-0.15, -0.1) is 0 Å². The highest BCUT2D eigenvalue weighted by molar-refractivity contribution is 6.02. The number of aromatic nitrogens is 2. The molecule has 0 bridgehead atoms. The van der Waals surface area contributed by atoms with Gasteiger partial charge >= 0.3 is 6.03 Å². The molecule has 2 aromatic heterocycles. The van der Waals surface area contributed by atoms with E-state index in [4.69, 9.17) is 4.74 Å². The highest BCUT2D eigenvalue weighted by Crippen LogP contribution is 2.30. The summed E-state index contributed by atoms with van der Waals surface area (Å²) in [6.07, 6.45) is 5.62. The number of nitrogens with zero attached hydrogens (tertiary/aromatic N) is 6. The number of hydrogen-bond donors (Lipinski definition) is 2. The van der Waals surface area contributed by atoms with E-state index in [1.165, 1.54) is 11.1 Å². The van der Waals surface area contributed by atoms with E-state index in [0.717, 1.165) is 43.6 Å². The van der Waals surface area contributed by atoms with Crippen LogP contribution in [0, 0.1) is 11.3 Å². The summed E-state index contributed by atoms with van der Waals surface area (Å²) in [4.78, 5) is 52.2. The van der Waals surface area contributed by atoms with Crippen molar-refractivity contribution in [3.05, 3.63) is 40.7 Å². The van der Waals surface area contributed by atoms with Crippen LogP contribution in [0.15, 0.2) is 18.3 Å². The van der Waals surface area contributed by atoms with Crippen LogP contribution in [-0.2, 0) is 22.5 Å². The molecule has 3 aliphatic heterocycles. The van der Waals surface area contributed by atoms with E-state index in [-0.39, 0.29) is 18.1 Å². The minimum Gasteiger partial charge on any atom is -0.369 e. The zero-order valence-corrected chi connectivity index (χ0v) is 22.9. The van der Waals surface area contributed by atoms with Crippen LogP contribution in [0.2, 0.25) is 0 Å². The highest BCUT2D eigenvalue weighted by Gasteiger charge is 2.30. The number of pyridine rings is 2. The van der Waals surface area contributed by atoms with Crippen LogP contribution in [0.25, 0.3) is 0 Å². The Morgan fingerprint density at radius 3 is 2.83 bits per heavy atom. The summed E-state index contributed by atoms with van der Waals surface area (Å²) < 4.78 is 5.51. The van der Waals surface area contributed by atoms with Crippen molar-refractivity contribution < 1.29 is 19.1 Å². The lowest BCUT2D eigenvalue weighted by Crippen LogP contribution is -2.40. The molecule has 0 spiro atoms. The Labute approximate surface area is 233 Å². The second kappa shape index (κ2) is 12.0. The number of hydrogen-bond acceptors (Lipinski definition) is 9. The molecule has 40 heavy (non-hydrogen) atoms. The maximum absolute atomic E-state index is 13.4. The molecule has 0 aromatic carbocycles. The summed E-state index contributed by atoms with van der Waals surface area (Å²) in [5.41, 5.74) is 2.85. The number of amides is 3. The summed E-state index contributed by atoms with van der Waals surface area (Å²) in [6.45, 7) is 2.79. The standard InChI is InChI=1S/C28H34N8O4/c1-30-21-7-9-35(16-21)23-12-25(31-14-20(23)13-29)33-28(39)36-8-3-5-18-11-19(22(17-37)32-26(18)36)15-34(2)27(38)24-6-4-10-40-24/h11-12,14,17,21,24,30H,3-10,15-16H2,1-2H3,(H,31,33,39). The fourth-order valence-electron chi connectivity index (χ4n) is 5.59. The van der Waals surface area contributed by atoms with Gasteiger partial charge in [0.15, 0.2) is 6.29 Å². The largest absolute Gasteiger partial charge is 0.369 e. The number of carbonyl (C=O) groups is 3. The summed E-state index contributed by atoms with van der Waals surface area (Å²) in [6, 6.07) is 5.71. The molecule has 12 nitrogen and oxygen atoms in total. The molecule has 3 aliphatic rings. The SMILES string of the molecule is CNC1CCN(c2cc(NC(=O)N3CCCc4cc(CN(C)C(=O)C5CCCO5)c(C=O)nc43)ncc2C#N)C1. The third-order valence-corrected chi connectivity index (χ3v) is 7.79. The molecule has 0 radical (unpaired) electrons. The average molecular weight is 547 g/mol. The molecule has 2 unspecified atom stereocenters. The maximum Gasteiger partial charge on any atom is 0.328 e. The fraction of sp³-hybridized carbons (Fsp3) is 0.500. The predicted molar refractivity (Wildman–Crippen MR) is 148 cm³/mol. The van der Waals surface area contributed by atoms with Crippen LogP contribution in [0.5, 0.6) is 0 Å². The van der Waals surface area contributed by atoms with Crippen molar-refractivity contribution in [2.75, 3.05) is 55.5 Å². The summed E-state index contributed by atoms with van der Waals surface area (Å²) in [7, 11) is 3.61. The van der Waals surface area contributed by atoms with Gasteiger partial charge in [0.05, 0.1) is 11.3 Å². The molecule has 2 saturated heterocycles. The topological polar surface area (TPSA) is 144 Å². The second-order valence-electron chi connectivity index (χ2n) is 10.4. The number of nitrogens with one attached hydrogen (secondary N) is 2. The molecule has 210 valence electrons. The van der Waals surface area contributed by atoms with Gasteiger partial charge in [-0.25, -0.2) is 14.8 Å². The third-order valence-electron chi connectivity index (χ3n) is 7.79. The van der Waals surface area contributed by atoms with E-state index < -0.39 is 12.1 Å². The van der Waals surface area contributed by atoms with E-state index in [9.17, 15) is 19.6 Å². The quantitative estimate of drug-likeness (QED) is 0.499. The normalized spacial score (nSPS) is 20.1. The number of urea groups is 1. The van der Waals surface area contributed by atoms with Crippen molar-refractivity contribution in [3.63, 3.8) is 0 Å². The molecule has 2 fully saturated rings. The van der Waals surface area contributed by atoms with Gasteiger partial charge in [0.1, 0.15) is 29.5 Å². The van der Waals surface area contributed by atoms with Crippen molar-refractivity contribution in [2.24, 2.45) is 0 Å². The van der Waals surface area contributed by atoms with Crippen molar-refractivity contribution in [3.8, 4) is 6.07 Å². The third kappa shape index (κ3) is 5.61. The van der Waals surface area contributed by atoms with Crippen LogP contribution in [-0.4, -0.2) is 85.6 Å². The van der Waals surface area contributed by atoms with E-state index in [0.29, 0.717) is 61.1 Å². The number of aldehydes is 1. The number of likely N-dealkylation sites (N-methyl/N-ethyl adjacent to an activating group) is 2. The number of anilines is 3. The van der Waals surface area contributed by atoms with Crippen LogP contribution in [0.1, 0.15) is 52.9 Å². The van der Waals surface area contributed by atoms with Crippen LogP contribution >= 0.6 is 0 Å². The van der Waals surface area contributed by atoms with Crippen molar-refractivity contribution >= 4 is 35.5 Å². The first-order chi connectivity index (χ1) is 19.4. The summed E-state index contributed by atoms with van der Waals surface area (Å²) in [5.74, 6) is 0.645. The molecule has 5 heterocycles. The number of nitriles is 1. The van der Waals surface area contributed by atoms with E-state index in [1.807, 2.05) is 13.1 Å². The zero-order chi connectivity index (χ0) is 28.2.